The zero-order valence-electron chi connectivity index (χ0n) is 17.1. The van der Waals surface area contributed by atoms with Gasteiger partial charge in [0, 0.05) is 36.5 Å². The third kappa shape index (κ3) is 4.31. The van der Waals surface area contributed by atoms with E-state index in [2.05, 4.69) is 0 Å². The van der Waals surface area contributed by atoms with Crippen molar-refractivity contribution in [3.8, 4) is 0 Å². The number of hydrogen-bond acceptors (Lipinski definition) is 3. The van der Waals surface area contributed by atoms with Crippen LogP contribution in [0.1, 0.15) is 44.7 Å². The van der Waals surface area contributed by atoms with Crippen molar-refractivity contribution in [2.24, 2.45) is 0 Å². The van der Waals surface area contributed by atoms with Gasteiger partial charge in [-0.05, 0) is 50.1 Å². The van der Waals surface area contributed by atoms with E-state index >= 15 is 0 Å². The summed E-state index contributed by atoms with van der Waals surface area (Å²) >= 11 is 1.73. The molecule has 2 amide bonds. The number of carbonyl (C=O) groups excluding carboxylic acids is 2. The summed E-state index contributed by atoms with van der Waals surface area (Å²) in [5.41, 5.74) is 0.892. The monoisotopic (exact) mass is 448 g/mol. The van der Waals surface area contributed by atoms with Crippen molar-refractivity contribution < 1.29 is 22.8 Å². The molecule has 0 bridgehead atoms. The molecule has 31 heavy (non-hydrogen) atoms. The number of piperidine rings is 1. The van der Waals surface area contributed by atoms with E-state index in [1.54, 1.807) is 16.7 Å². The summed E-state index contributed by atoms with van der Waals surface area (Å²) in [6, 6.07) is 12.1. The normalized spacial score (nSPS) is 18.5. The Morgan fingerprint density at radius 2 is 1.58 bits per heavy atom. The first-order valence-electron chi connectivity index (χ1n) is 10.2. The quantitative estimate of drug-likeness (QED) is 0.661. The van der Waals surface area contributed by atoms with Crippen LogP contribution in [0.3, 0.4) is 0 Å². The molecule has 2 heterocycles. The van der Waals surface area contributed by atoms with Crippen LogP contribution in [0.25, 0.3) is 0 Å². The lowest BCUT2D eigenvalue weighted by molar-refractivity contribution is -0.137. The largest absolute Gasteiger partial charge is 0.416 e. The van der Waals surface area contributed by atoms with Crippen molar-refractivity contribution in [1.29, 1.82) is 0 Å². The van der Waals surface area contributed by atoms with E-state index in [0.717, 1.165) is 23.4 Å². The average molecular weight is 449 g/mol. The molecule has 0 aliphatic carbocycles. The number of benzene rings is 2. The summed E-state index contributed by atoms with van der Waals surface area (Å²) in [7, 11) is 0. The molecule has 0 aromatic heterocycles. The standard InChI is InChI=1S/C23H23F3N2O2S/c1-16-4-2-5-17(14-16)21(30)28-12-13-31-22(28)8-10-27(11-9-22)20(29)18-6-3-7-19(15-18)23(24,25)26/h2-7,14-15H,8-13H2,1H3. The summed E-state index contributed by atoms with van der Waals surface area (Å²) in [6.45, 7) is 3.40. The Labute approximate surface area is 183 Å². The summed E-state index contributed by atoms with van der Waals surface area (Å²) in [6.07, 6.45) is -3.29. The fraction of sp³-hybridized carbons (Fsp3) is 0.391. The van der Waals surface area contributed by atoms with E-state index in [-0.39, 0.29) is 16.3 Å². The van der Waals surface area contributed by atoms with E-state index in [4.69, 9.17) is 0 Å². The first kappa shape index (κ1) is 21.7. The highest BCUT2D eigenvalue weighted by molar-refractivity contribution is 8.00. The van der Waals surface area contributed by atoms with Gasteiger partial charge in [-0.15, -0.1) is 11.8 Å². The van der Waals surface area contributed by atoms with Gasteiger partial charge in [0.2, 0.25) is 0 Å². The SMILES string of the molecule is Cc1cccc(C(=O)N2CCSC23CCN(C(=O)c2cccc(C(F)(F)F)c2)CC3)c1. The fourth-order valence-corrected chi connectivity index (χ4v) is 5.77. The Hall–Kier alpha value is -2.48. The third-order valence-electron chi connectivity index (χ3n) is 5.96. The molecule has 0 atom stereocenters. The van der Waals surface area contributed by atoms with Gasteiger partial charge in [0.25, 0.3) is 11.8 Å². The molecule has 2 saturated heterocycles. The van der Waals surface area contributed by atoms with Gasteiger partial charge in [-0.25, -0.2) is 0 Å². The maximum absolute atomic E-state index is 13.2. The predicted octanol–water partition coefficient (Wildman–Crippen LogP) is 4.84. The van der Waals surface area contributed by atoms with Crippen LogP contribution in [0.4, 0.5) is 13.2 Å². The van der Waals surface area contributed by atoms with E-state index in [9.17, 15) is 22.8 Å². The molecular weight excluding hydrogens is 425 g/mol. The zero-order valence-corrected chi connectivity index (χ0v) is 17.9. The van der Waals surface area contributed by atoms with Crippen LogP contribution in [0.2, 0.25) is 0 Å². The maximum atomic E-state index is 13.2. The number of aryl methyl sites for hydroxylation is 1. The number of alkyl halides is 3. The second-order valence-electron chi connectivity index (χ2n) is 7.99. The smallest absolute Gasteiger partial charge is 0.338 e. The van der Waals surface area contributed by atoms with Crippen molar-refractivity contribution in [2.75, 3.05) is 25.4 Å². The summed E-state index contributed by atoms with van der Waals surface area (Å²) in [5.74, 6) is 0.422. The minimum Gasteiger partial charge on any atom is -0.338 e. The van der Waals surface area contributed by atoms with Crippen molar-refractivity contribution in [2.45, 2.75) is 30.8 Å². The van der Waals surface area contributed by atoms with E-state index in [1.165, 1.54) is 12.1 Å². The minimum atomic E-state index is -4.49. The lowest BCUT2D eigenvalue weighted by Crippen LogP contribution is -2.53. The van der Waals surface area contributed by atoms with Crippen molar-refractivity contribution in [3.05, 3.63) is 70.8 Å². The first-order chi connectivity index (χ1) is 14.7. The molecule has 8 heteroatoms. The van der Waals surface area contributed by atoms with Crippen LogP contribution in [-0.2, 0) is 6.18 Å². The van der Waals surface area contributed by atoms with E-state index in [1.807, 2.05) is 36.1 Å². The van der Waals surface area contributed by atoms with Crippen LogP contribution in [0.15, 0.2) is 48.5 Å². The molecule has 4 nitrogen and oxygen atoms in total. The lowest BCUT2D eigenvalue weighted by atomic mass is 9.99. The molecule has 2 aliphatic rings. The molecule has 1 spiro atoms. The van der Waals surface area contributed by atoms with Gasteiger partial charge >= 0.3 is 6.18 Å². The Morgan fingerprint density at radius 1 is 0.935 bits per heavy atom. The van der Waals surface area contributed by atoms with Gasteiger partial charge in [-0.3, -0.25) is 9.59 Å². The van der Waals surface area contributed by atoms with Gasteiger partial charge in [-0.2, -0.15) is 13.2 Å². The van der Waals surface area contributed by atoms with Gasteiger partial charge in [0.15, 0.2) is 0 Å². The molecule has 2 aliphatic heterocycles. The highest BCUT2D eigenvalue weighted by Gasteiger charge is 2.47. The molecule has 164 valence electrons. The molecule has 0 radical (unpaired) electrons. The molecule has 2 aromatic carbocycles. The van der Waals surface area contributed by atoms with Gasteiger partial charge in [-0.1, -0.05) is 23.8 Å². The molecule has 2 aromatic rings. The fourth-order valence-electron chi connectivity index (χ4n) is 4.31. The molecule has 0 saturated carbocycles. The van der Waals surface area contributed by atoms with Gasteiger partial charge in [0.1, 0.15) is 0 Å². The summed E-state index contributed by atoms with van der Waals surface area (Å²) in [5, 5.41) is 0. The summed E-state index contributed by atoms with van der Waals surface area (Å²) in [4.78, 5) is 29.1. The second kappa shape index (κ2) is 8.22. The highest BCUT2D eigenvalue weighted by atomic mass is 32.2. The number of hydrogen-bond donors (Lipinski definition) is 0. The van der Waals surface area contributed by atoms with Crippen molar-refractivity contribution >= 4 is 23.6 Å². The number of nitrogens with zero attached hydrogens (tertiary/aromatic N) is 2. The van der Waals surface area contributed by atoms with Gasteiger partial charge in [0.05, 0.1) is 10.4 Å². The number of rotatable bonds is 2. The Morgan fingerprint density at radius 3 is 2.23 bits per heavy atom. The maximum Gasteiger partial charge on any atom is 0.416 e. The van der Waals surface area contributed by atoms with Crippen LogP contribution >= 0.6 is 11.8 Å². The molecule has 0 N–H and O–H groups in total. The molecular formula is C23H23F3N2O2S. The lowest BCUT2D eigenvalue weighted by Gasteiger charge is -2.44. The topological polar surface area (TPSA) is 40.6 Å². The van der Waals surface area contributed by atoms with E-state index < -0.39 is 17.6 Å². The Kier molecular flexibility index (Phi) is 5.77. The molecule has 4 rings (SSSR count). The Balaban J connectivity index is 1.47. The van der Waals surface area contributed by atoms with Gasteiger partial charge < -0.3 is 9.80 Å². The number of carbonyl (C=O) groups is 2. The predicted molar refractivity (Wildman–Crippen MR) is 114 cm³/mol. The van der Waals surface area contributed by atoms with Crippen molar-refractivity contribution in [1.82, 2.24) is 9.80 Å². The second-order valence-corrected chi connectivity index (χ2v) is 9.45. The van der Waals surface area contributed by atoms with Crippen LogP contribution in [-0.4, -0.2) is 51.9 Å². The zero-order chi connectivity index (χ0) is 22.2. The van der Waals surface area contributed by atoms with Crippen molar-refractivity contribution in [3.63, 3.8) is 0 Å². The minimum absolute atomic E-state index is 0.00800. The number of likely N-dealkylation sites (tertiary alicyclic amines) is 1. The van der Waals surface area contributed by atoms with Crippen LogP contribution in [0.5, 0.6) is 0 Å². The highest BCUT2D eigenvalue weighted by Crippen LogP contribution is 2.44. The summed E-state index contributed by atoms with van der Waals surface area (Å²) < 4.78 is 39.0. The first-order valence-corrected chi connectivity index (χ1v) is 11.2. The number of thioether (sulfide) groups is 1. The third-order valence-corrected chi connectivity index (χ3v) is 7.51. The number of amides is 2. The van der Waals surface area contributed by atoms with Crippen LogP contribution in [0, 0.1) is 6.92 Å². The number of halogens is 3. The molecule has 0 unspecified atom stereocenters. The molecule has 2 fully saturated rings. The average Bonchev–Trinajstić information content (AvgIpc) is 3.15. The van der Waals surface area contributed by atoms with Crippen LogP contribution < -0.4 is 0 Å². The van der Waals surface area contributed by atoms with E-state index in [0.29, 0.717) is 38.0 Å². The Bertz CT molecular complexity index is 1000.